The molecule has 0 aliphatic carbocycles. The summed E-state index contributed by atoms with van der Waals surface area (Å²) in [7, 11) is 0. The highest BCUT2D eigenvalue weighted by Gasteiger charge is 2.05. The van der Waals surface area contributed by atoms with Crippen LogP contribution in [0.15, 0.2) is 18.2 Å². The zero-order valence-electron chi connectivity index (χ0n) is 9.45. The van der Waals surface area contributed by atoms with Crippen molar-refractivity contribution in [3.05, 3.63) is 40.4 Å². The molecule has 0 radical (unpaired) electrons. The van der Waals surface area contributed by atoms with E-state index in [0.29, 0.717) is 11.0 Å². The minimum Gasteiger partial charge on any atom is -0.258 e. The van der Waals surface area contributed by atoms with Gasteiger partial charge in [-0.15, -0.1) is 0 Å². The summed E-state index contributed by atoms with van der Waals surface area (Å²) in [6.07, 6.45) is 0. The fourth-order valence-electron chi connectivity index (χ4n) is 1.62. The van der Waals surface area contributed by atoms with Gasteiger partial charge < -0.3 is 0 Å². The molecule has 4 heteroatoms. The van der Waals surface area contributed by atoms with Crippen LogP contribution >= 0.6 is 11.6 Å². The second-order valence-electron chi connectivity index (χ2n) is 3.79. The quantitative estimate of drug-likeness (QED) is 0.711. The third-order valence-corrected chi connectivity index (χ3v) is 2.36. The van der Waals surface area contributed by atoms with Crippen molar-refractivity contribution in [2.24, 2.45) is 0 Å². The van der Waals surface area contributed by atoms with Crippen molar-refractivity contribution in [1.82, 2.24) is 15.0 Å². The van der Waals surface area contributed by atoms with Crippen molar-refractivity contribution in [2.45, 2.75) is 20.8 Å². The van der Waals surface area contributed by atoms with Gasteiger partial charge in [0.05, 0.1) is 0 Å². The second kappa shape index (κ2) is 4.18. The molecule has 2 rings (SSSR count). The average molecular weight is 234 g/mol. The topological polar surface area (TPSA) is 38.7 Å². The summed E-state index contributed by atoms with van der Waals surface area (Å²) in [4.78, 5) is 12.9. The highest BCUT2D eigenvalue weighted by Crippen LogP contribution is 2.19. The predicted octanol–water partition coefficient (Wildman–Crippen LogP) is 3.12. The first-order valence-corrected chi connectivity index (χ1v) is 5.39. The minimum absolute atomic E-state index is 0.467. The summed E-state index contributed by atoms with van der Waals surface area (Å²) in [5, 5.41) is 0.467. The highest BCUT2D eigenvalue weighted by molar-refractivity contribution is 6.29. The maximum Gasteiger partial charge on any atom is 0.161 e. The molecular weight excluding hydrogens is 222 g/mol. The number of rotatable bonds is 1. The minimum atomic E-state index is 0.467. The molecule has 0 aliphatic heterocycles. The van der Waals surface area contributed by atoms with E-state index < -0.39 is 0 Å². The third-order valence-electron chi connectivity index (χ3n) is 2.16. The lowest BCUT2D eigenvalue weighted by atomic mass is 10.2. The van der Waals surface area contributed by atoms with E-state index in [1.165, 1.54) is 0 Å². The Morgan fingerprint density at radius 2 is 1.38 bits per heavy atom. The first-order valence-electron chi connectivity index (χ1n) is 5.01. The van der Waals surface area contributed by atoms with Crippen molar-refractivity contribution in [3.63, 3.8) is 0 Å². The Hall–Kier alpha value is -1.48. The molecule has 2 heterocycles. The number of aromatic nitrogens is 3. The van der Waals surface area contributed by atoms with E-state index in [1.54, 1.807) is 6.07 Å². The molecule has 0 bridgehead atoms. The van der Waals surface area contributed by atoms with Gasteiger partial charge in [-0.05, 0) is 39.0 Å². The van der Waals surface area contributed by atoms with E-state index in [1.807, 2.05) is 32.9 Å². The Morgan fingerprint density at radius 1 is 0.812 bits per heavy atom. The van der Waals surface area contributed by atoms with Crippen molar-refractivity contribution in [2.75, 3.05) is 0 Å². The van der Waals surface area contributed by atoms with E-state index in [9.17, 15) is 0 Å². The molecule has 0 atom stereocenters. The highest BCUT2D eigenvalue weighted by atomic mass is 35.5. The number of pyridine rings is 1. The summed E-state index contributed by atoms with van der Waals surface area (Å²) < 4.78 is 0. The van der Waals surface area contributed by atoms with Gasteiger partial charge in [0.25, 0.3) is 0 Å². The van der Waals surface area contributed by atoms with Crippen LogP contribution in [-0.4, -0.2) is 15.0 Å². The molecule has 3 nitrogen and oxygen atoms in total. The van der Waals surface area contributed by atoms with Gasteiger partial charge in [0.15, 0.2) is 5.82 Å². The van der Waals surface area contributed by atoms with Gasteiger partial charge in [-0.3, -0.25) is 4.98 Å². The van der Waals surface area contributed by atoms with Gasteiger partial charge in [0, 0.05) is 22.6 Å². The summed E-state index contributed by atoms with van der Waals surface area (Å²) in [5.74, 6) is 0.651. The molecule has 0 saturated carbocycles. The molecule has 0 amide bonds. The molecule has 2 aromatic rings. The van der Waals surface area contributed by atoms with Crippen LogP contribution in [0.1, 0.15) is 17.1 Å². The molecule has 82 valence electrons. The molecule has 0 aliphatic rings. The van der Waals surface area contributed by atoms with Gasteiger partial charge in [0.2, 0.25) is 0 Å². The number of nitrogens with zero attached hydrogens (tertiary/aromatic N) is 3. The molecule has 16 heavy (non-hydrogen) atoms. The van der Waals surface area contributed by atoms with Crippen LogP contribution in [0.4, 0.5) is 0 Å². The lowest BCUT2D eigenvalue weighted by Gasteiger charge is -2.04. The molecule has 0 unspecified atom stereocenters. The molecular formula is C12H12ClN3. The smallest absolute Gasteiger partial charge is 0.161 e. The van der Waals surface area contributed by atoms with Crippen molar-refractivity contribution in [1.29, 1.82) is 0 Å². The van der Waals surface area contributed by atoms with Crippen LogP contribution in [-0.2, 0) is 0 Å². The molecule has 2 aromatic heterocycles. The largest absolute Gasteiger partial charge is 0.258 e. The van der Waals surface area contributed by atoms with Crippen LogP contribution in [0.2, 0.25) is 5.15 Å². The normalized spacial score (nSPS) is 10.5. The van der Waals surface area contributed by atoms with Gasteiger partial charge >= 0.3 is 0 Å². The maximum absolute atomic E-state index is 5.91. The zero-order chi connectivity index (χ0) is 11.7. The van der Waals surface area contributed by atoms with Gasteiger partial charge in [-0.2, -0.15) is 0 Å². The Kier molecular flexibility index (Phi) is 2.88. The standard InChI is InChI=1S/C12H12ClN3/c1-7-4-10(5-8(2)14-7)12-15-9(3)6-11(13)16-12/h4-6H,1-3H3. The third kappa shape index (κ3) is 2.36. The SMILES string of the molecule is Cc1cc(-c2nc(C)cc(Cl)n2)cc(C)n1. The molecule has 0 N–H and O–H groups in total. The Balaban J connectivity index is 2.57. The Morgan fingerprint density at radius 3 is 1.94 bits per heavy atom. The maximum atomic E-state index is 5.91. The van der Waals surface area contributed by atoms with Crippen LogP contribution < -0.4 is 0 Å². The first-order chi connectivity index (χ1) is 7.54. The average Bonchev–Trinajstić information content (AvgIpc) is 2.14. The summed E-state index contributed by atoms with van der Waals surface area (Å²) in [6, 6.07) is 5.65. The number of aryl methyl sites for hydroxylation is 3. The first kappa shape index (κ1) is 11.0. The monoisotopic (exact) mass is 233 g/mol. The number of halogens is 1. The number of hydrogen-bond acceptors (Lipinski definition) is 3. The fraction of sp³-hybridized carbons (Fsp3) is 0.250. The lowest BCUT2D eigenvalue weighted by molar-refractivity contribution is 1.08. The molecule has 0 saturated heterocycles. The van der Waals surface area contributed by atoms with Gasteiger partial charge in [-0.1, -0.05) is 11.6 Å². The van der Waals surface area contributed by atoms with Crippen LogP contribution in [0.5, 0.6) is 0 Å². The van der Waals surface area contributed by atoms with Crippen molar-refractivity contribution >= 4 is 11.6 Å². The molecule has 0 fully saturated rings. The van der Waals surface area contributed by atoms with Gasteiger partial charge in [-0.25, -0.2) is 9.97 Å². The fourth-order valence-corrected chi connectivity index (χ4v) is 1.86. The summed E-state index contributed by atoms with van der Waals surface area (Å²) in [5.41, 5.74) is 3.73. The van der Waals surface area contributed by atoms with Crippen LogP contribution in [0.3, 0.4) is 0 Å². The Labute approximate surface area is 99.5 Å². The molecule has 0 spiro atoms. The van der Waals surface area contributed by atoms with E-state index in [-0.39, 0.29) is 0 Å². The van der Waals surface area contributed by atoms with E-state index in [4.69, 9.17) is 11.6 Å². The van der Waals surface area contributed by atoms with E-state index in [2.05, 4.69) is 15.0 Å². The van der Waals surface area contributed by atoms with Crippen molar-refractivity contribution < 1.29 is 0 Å². The number of hydrogen-bond donors (Lipinski definition) is 0. The zero-order valence-corrected chi connectivity index (χ0v) is 10.2. The van der Waals surface area contributed by atoms with Crippen molar-refractivity contribution in [3.8, 4) is 11.4 Å². The van der Waals surface area contributed by atoms with Gasteiger partial charge in [0.1, 0.15) is 5.15 Å². The Bertz CT molecular complexity index is 448. The predicted molar refractivity (Wildman–Crippen MR) is 64.5 cm³/mol. The van der Waals surface area contributed by atoms with Crippen LogP contribution in [0, 0.1) is 20.8 Å². The lowest BCUT2D eigenvalue weighted by Crippen LogP contribution is -1.95. The summed E-state index contributed by atoms with van der Waals surface area (Å²) in [6.45, 7) is 5.81. The summed E-state index contributed by atoms with van der Waals surface area (Å²) >= 11 is 5.91. The van der Waals surface area contributed by atoms with E-state index in [0.717, 1.165) is 22.6 Å². The van der Waals surface area contributed by atoms with Crippen LogP contribution in [0.25, 0.3) is 11.4 Å². The molecule has 0 aromatic carbocycles. The van der Waals surface area contributed by atoms with E-state index >= 15 is 0 Å². The second-order valence-corrected chi connectivity index (χ2v) is 4.18.